The van der Waals surface area contributed by atoms with Gasteiger partial charge in [0, 0.05) is 41.9 Å². The molecule has 0 spiro atoms. The van der Waals surface area contributed by atoms with Gasteiger partial charge in [-0.1, -0.05) is 18.2 Å². The molecular formula is C18H26N4S2. The first kappa shape index (κ1) is 18.8. The molecule has 1 aromatic heterocycles. The quantitative estimate of drug-likeness (QED) is 0.309. The third-order valence-corrected chi connectivity index (χ3v) is 5.45. The number of thiazole rings is 1. The first-order chi connectivity index (χ1) is 11.8. The molecule has 2 rings (SSSR count). The zero-order chi connectivity index (χ0) is 17.0. The zero-order valence-electron chi connectivity index (χ0n) is 14.4. The molecule has 0 radical (unpaired) electrons. The normalized spacial score (nSPS) is 11.5. The number of aromatic nitrogens is 1. The minimum atomic E-state index is 0.883. The van der Waals surface area contributed by atoms with Crippen molar-refractivity contribution in [3.63, 3.8) is 0 Å². The number of hydrogen-bond acceptors (Lipinski definition) is 4. The van der Waals surface area contributed by atoms with Crippen LogP contribution in [0.2, 0.25) is 0 Å². The van der Waals surface area contributed by atoms with E-state index in [-0.39, 0.29) is 0 Å². The number of aliphatic imine (C=N–C) groups is 1. The van der Waals surface area contributed by atoms with Gasteiger partial charge in [0.25, 0.3) is 0 Å². The number of rotatable bonds is 9. The van der Waals surface area contributed by atoms with Crippen LogP contribution in [0.3, 0.4) is 0 Å². The summed E-state index contributed by atoms with van der Waals surface area (Å²) in [5.74, 6) is 1.91. The van der Waals surface area contributed by atoms with E-state index in [4.69, 9.17) is 0 Å². The van der Waals surface area contributed by atoms with E-state index in [2.05, 4.69) is 50.3 Å². The molecule has 0 unspecified atom stereocenters. The molecule has 4 nitrogen and oxygen atoms in total. The van der Waals surface area contributed by atoms with Gasteiger partial charge in [-0.15, -0.1) is 23.1 Å². The van der Waals surface area contributed by atoms with Crippen LogP contribution in [-0.4, -0.2) is 36.8 Å². The molecule has 1 heterocycles. The van der Waals surface area contributed by atoms with Crippen molar-refractivity contribution in [2.75, 3.05) is 25.9 Å². The predicted octanol–water partition coefficient (Wildman–Crippen LogP) is 3.73. The van der Waals surface area contributed by atoms with E-state index in [1.54, 1.807) is 11.3 Å². The van der Waals surface area contributed by atoms with Crippen LogP contribution in [-0.2, 0) is 6.42 Å². The fourth-order valence-electron chi connectivity index (χ4n) is 2.20. The molecule has 0 bridgehead atoms. The van der Waals surface area contributed by atoms with Gasteiger partial charge in [-0.25, -0.2) is 4.98 Å². The number of benzene rings is 1. The number of nitrogens with zero attached hydrogens (tertiary/aromatic N) is 2. The molecule has 130 valence electrons. The number of thioether (sulfide) groups is 1. The van der Waals surface area contributed by atoms with E-state index in [1.807, 2.05) is 31.8 Å². The molecule has 0 fully saturated rings. The van der Waals surface area contributed by atoms with Gasteiger partial charge in [-0.2, -0.15) is 0 Å². The van der Waals surface area contributed by atoms with Crippen molar-refractivity contribution in [3.8, 4) is 0 Å². The standard InChI is InChI=1S/C18H26N4S2/c1-15-14-24-17(22-15)10-6-7-11-20-18(19-2)21-12-13-23-16-8-4-3-5-9-16/h3-5,8-9,14H,6-7,10-13H2,1-2H3,(H2,19,20,21). The highest BCUT2D eigenvalue weighted by atomic mass is 32.2. The highest BCUT2D eigenvalue weighted by molar-refractivity contribution is 7.99. The average molecular weight is 363 g/mol. The summed E-state index contributed by atoms with van der Waals surface area (Å²) in [6.45, 7) is 3.89. The molecule has 24 heavy (non-hydrogen) atoms. The predicted molar refractivity (Wildman–Crippen MR) is 106 cm³/mol. The lowest BCUT2D eigenvalue weighted by Gasteiger charge is -2.11. The first-order valence-corrected chi connectivity index (χ1v) is 10.2. The summed E-state index contributed by atoms with van der Waals surface area (Å²) in [6, 6.07) is 10.5. The molecule has 0 aliphatic heterocycles. The van der Waals surface area contributed by atoms with Crippen molar-refractivity contribution in [2.45, 2.75) is 31.1 Å². The molecular weight excluding hydrogens is 336 g/mol. The lowest BCUT2D eigenvalue weighted by Crippen LogP contribution is -2.38. The maximum Gasteiger partial charge on any atom is 0.191 e. The van der Waals surface area contributed by atoms with Gasteiger partial charge < -0.3 is 10.6 Å². The average Bonchev–Trinajstić information content (AvgIpc) is 3.02. The second-order valence-corrected chi connectivity index (χ2v) is 7.54. The van der Waals surface area contributed by atoms with Crippen molar-refractivity contribution in [2.24, 2.45) is 4.99 Å². The first-order valence-electron chi connectivity index (χ1n) is 8.31. The van der Waals surface area contributed by atoms with Gasteiger partial charge in [0.15, 0.2) is 5.96 Å². The third-order valence-electron chi connectivity index (χ3n) is 3.41. The fourth-order valence-corrected chi connectivity index (χ4v) is 3.81. The molecule has 0 amide bonds. The summed E-state index contributed by atoms with van der Waals surface area (Å²) < 4.78 is 0. The van der Waals surface area contributed by atoms with Crippen molar-refractivity contribution >= 4 is 29.1 Å². The van der Waals surface area contributed by atoms with Crippen LogP contribution in [0.4, 0.5) is 0 Å². The lowest BCUT2D eigenvalue weighted by molar-refractivity contribution is 0.695. The van der Waals surface area contributed by atoms with Crippen molar-refractivity contribution in [1.29, 1.82) is 0 Å². The summed E-state index contributed by atoms with van der Waals surface area (Å²) in [5.41, 5.74) is 1.13. The van der Waals surface area contributed by atoms with Crippen molar-refractivity contribution < 1.29 is 0 Å². The minimum Gasteiger partial charge on any atom is -0.356 e. The summed E-state index contributed by atoms with van der Waals surface area (Å²) in [4.78, 5) is 10.1. The Morgan fingerprint density at radius 1 is 1.17 bits per heavy atom. The van der Waals surface area contributed by atoms with Crippen LogP contribution >= 0.6 is 23.1 Å². The summed E-state index contributed by atoms with van der Waals surface area (Å²) in [5, 5.41) is 10.1. The molecule has 0 aliphatic rings. The van der Waals surface area contributed by atoms with E-state index in [1.165, 1.54) is 9.90 Å². The van der Waals surface area contributed by atoms with Crippen LogP contribution in [0.15, 0.2) is 45.6 Å². The van der Waals surface area contributed by atoms with Gasteiger partial charge in [-0.05, 0) is 38.3 Å². The smallest absolute Gasteiger partial charge is 0.191 e. The van der Waals surface area contributed by atoms with Crippen molar-refractivity contribution in [3.05, 3.63) is 46.4 Å². The molecule has 2 N–H and O–H groups in total. The van der Waals surface area contributed by atoms with Crippen LogP contribution in [0.1, 0.15) is 23.5 Å². The zero-order valence-corrected chi connectivity index (χ0v) is 16.1. The van der Waals surface area contributed by atoms with Gasteiger partial charge >= 0.3 is 0 Å². The highest BCUT2D eigenvalue weighted by Gasteiger charge is 2.00. The number of guanidine groups is 1. The number of hydrogen-bond donors (Lipinski definition) is 2. The van der Waals surface area contributed by atoms with E-state index in [0.29, 0.717) is 0 Å². The fraction of sp³-hybridized carbons (Fsp3) is 0.444. The Labute approximate surface area is 153 Å². The Morgan fingerprint density at radius 2 is 1.96 bits per heavy atom. The maximum atomic E-state index is 4.49. The Morgan fingerprint density at radius 3 is 2.67 bits per heavy atom. The highest BCUT2D eigenvalue weighted by Crippen LogP contribution is 2.15. The van der Waals surface area contributed by atoms with E-state index < -0.39 is 0 Å². The summed E-state index contributed by atoms with van der Waals surface area (Å²) in [7, 11) is 1.82. The number of nitrogens with one attached hydrogen (secondary N) is 2. The Hall–Kier alpha value is -1.53. The molecule has 0 aliphatic carbocycles. The Bertz CT molecular complexity index is 610. The Balaban J connectivity index is 1.52. The topological polar surface area (TPSA) is 49.3 Å². The summed E-state index contributed by atoms with van der Waals surface area (Å²) in [6.07, 6.45) is 3.35. The monoisotopic (exact) mass is 362 g/mol. The van der Waals surface area contributed by atoms with Gasteiger partial charge in [-0.3, -0.25) is 4.99 Å². The van der Waals surface area contributed by atoms with Crippen LogP contribution in [0, 0.1) is 6.92 Å². The lowest BCUT2D eigenvalue weighted by atomic mass is 10.2. The van der Waals surface area contributed by atoms with E-state index in [0.717, 1.165) is 49.8 Å². The number of aryl methyl sites for hydroxylation is 2. The Kier molecular flexibility index (Phi) is 8.70. The van der Waals surface area contributed by atoms with E-state index >= 15 is 0 Å². The minimum absolute atomic E-state index is 0.883. The van der Waals surface area contributed by atoms with E-state index in [9.17, 15) is 0 Å². The molecule has 2 aromatic rings. The second kappa shape index (κ2) is 11.1. The van der Waals surface area contributed by atoms with Crippen LogP contribution in [0.5, 0.6) is 0 Å². The molecule has 0 saturated heterocycles. The van der Waals surface area contributed by atoms with Crippen LogP contribution < -0.4 is 10.6 Å². The van der Waals surface area contributed by atoms with Crippen LogP contribution in [0.25, 0.3) is 0 Å². The largest absolute Gasteiger partial charge is 0.356 e. The van der Waals surface area contributed by atoms with Gasteiger partial charge in [0.2, 0.25) is 0 Å². The SMILES string of the molecule is CN=C(NCCCCc1nc(C)cs1)NCCSc1ccccc1. The third kappa shape index (κ3) is 7.36. The molecule has 0 saturated carbocycles. The molecule has 1 aromatic carbocycles. The summed E-state index contributed by atoms with van der Waals surface area (Å²) >= 11 is 3.61. The van der Waals surface area contributed by atoms with Gasteiger partial charge in [0.05, 0.1) is 5.01 Å². The molecule has 0 atom stereocenters. The molecule has 6 heteroatoms. The van der Waals surface area contributed by atoms with Crippen molar-refractivity contribution in [1.82, 2.24) is 15.6 Å². The number of unbranched alkanes of at least 4 members (excludes halogenated alkanes) is 1. The maximum absolute atomic E-state index is 4.49. The van der Waals surface area contributed by atoms with Gasteiger partial charge in [0.1, 0.15) is 0 Å². The second-order valence-electron chi connectivity index (χ2n) is 5.43.